The molecule has 2 N–H and O–H groups in total. The second-order valence-electron chi connectivity index (χ2n) is 13.9. The van der Waals surface area contributed by atoms with Gasteiger partial charge in [-0.05, 0) is 31.2 Å². The fourth-order valence-electron chi connectivity index (χ4n) is 6.29. The van der Waals surface area contributed by atoms with Gasteiger partial charge in [-0.25, -0.2) is 19.2 Å². The standard InChI is InChI=1S/C43H68O8S/c1-3-5-7-9-11-13-15-17-19-21-26-30-42(50-40(48)33-31-38(44)45)52-43(36-37-28-24-23-25-29-37,51-41(49)34-32-39(46)47)35-27-22-20-18-16-14-12-10-8-6-4-2/h23-25,28-29,31-34,42H,3-22,26-27,30,35-36H2,1-2H3,(H,44,45)(H,46,47)/b33-31-,34-32-. The third-order valence-electron chi connectivity index (χ3n) is 9.13. The Morgan fingerprint density at radius 1 is 0.596 bits per heavy atom. The van der Waals surface area contributed by atoms with Crippen LogP contribution in [0.5, 0.6) is 0 Å². The molecule has 0 heterocycles. The van der Waals surface area contributed by atoms with Crippen LogP contribution >= 0.6 is 11.8 Å². The van der Waals surface area contributed by atoms with E-state index in [-0.39, 0.29) is 0 Å². The summed E-state index contributed by atoms with van der Waals surface area (Å²) in [6.45, 7) is 4.46. The van der Waals surface area contributed by atoms with Crippen LogP contribution in [0.15, 0.2) is 54.6 Å². The minimum Gasteiger partial charge on any atom is -0.478 e. The highest BCUT2D eigenvalue weighted by Gasteiger charge is 2.38. The number of benzene rings is 1. The predicted molar refractivity (Wildman–Crippen MR) is 212 cm³/mol. The van der Waals surface area contributed by atoms with E-state index in [2.05, 4.69) is 13.8 Å². The number of carboxylic acid groups (broad SMARTS) is 2. The maximum absolute atomic E-state index is 13.1. The summed E-state index contributed by atoms with van der Waals surface area (Å²) in [5, 5.41) is 18.3. The van der Waals surface area contributed by atoms with E-state index in [1.165, 1.54) is 102 Å². The molecule has 0 radical (unpaired) electrons. The van der Waals surface area contributed by atoms with E-state index in [0.29, 0.717) is 19.3 Å². The van der Waals surface area contributed by atoms with Crippen LogP contribution in [-0.4, -0.2) is 44.5 Å². The smallest absolute Gasteiger partial charge is 0.332 e. The van der Waals surface area contributed by atoms with Crippen LogP contribution in [0.1, 0.15) is 174 Å². The zero-order valence-corrected chi connectivity index (χ0v) is 33.0. The number of carbonyl (C=O) groups excluding carboxylic acids is 2. The molecule has 0 amide bonds. The summed E-state index contributed by atoms with van der Waals surface area (Å²) in [7, 11) is 0. The molecular formula is C43H68O8S. The summed E-state index contributed by atoms with van der Waals surface area (Å²) in [6.07, 6.45) is 30.3. The first-order valence-electron chi connectivity index (χ1n) is 20.2. The van der Waals surface area contributed by atoms with Crippen LogP contribution in [0.2, 0.25) is 0 Å². The van der Waals surface area contributed by atoms with E-state index in [4.69, 9.17) is 14.6 Å². The maximum atomic E-state index is 13.1. The van der Waals surface area contributed by atoms with E-state index >= 15 is 0 Å². The molecule has 0 spiro atoms. The molecule has 1 aromatic rings. The highest BCUT2D eigenvalue weighted by molar-refractivity contribution is 8.01. The molecule has 0 aliphatic rings. The number of esters is 2. The maximum Gasteiger partial charge on any atom is 0.332 e. The lowest BCUT2D eigenvalue weighted by Gasteiger charge is -2.35. The number of hydrogen-bond donors (Lipinski definition) is 2. The molecule has 2 unspecified atom stereocenters. The Morgan fingerprint density at radius 2 is 1.02 bits per heavy atom. The van der Waals surface area contributed by atoms with E-state index in [1.54, 1.807) is 0 Å². The largest absolute Gasteiger partial charge is 0.478 e. The van der Waals surface area contributed by atoms with Gasteiger partial charge in [0.2, 0.25) is 0 Å². The topological polar surface area (TPSA) is 127 Å². The van der Waals surface area contributed by atoms with E-state index in [0.717, 1.165) is 81.2 Å². The monoisotopic (exact) mass is 744 g/mol. The first-order valence-corrected chi connectivity index (χ1v) is 21.0. The first kappa shape index (κ1) is 47.0. The van der Waals surface area contributed by atoms with Gasteiger partial charge >= 0.3 is 23.9 Å². The molecule has 1 aromatic carbocycles. The van der Waals surface area contributed by atoms with Crippen molar-refractivity contribution in [1.82, 2.24) is 0 Å². The summed E-state index contributed by atoms with van der Waals surface area (Å²) in [5.74, 6) is -4.06. The van der Waals surface area contributed by atoms with Crippen molar-refractivity contribution in [3.05, 3.63) is 60.2 Å². The molecule has 0 saturated heterocycles. The number of rotatable bonds is 34. The third kappa shape index (κ3) is 26.7. The highest BCUT2D eigenvalue weighted by Crippen LogP contribution is 2.41. The van der Waals surface area contributed by atoms with Gasteiger partial charge in [0.15, 0.2) is 10.4 Å². The average Bonchev–Trinajstić information content (AvgIpc) is 3.11. The van der Waals surface area contributed by atoms with Crippen LogP contribution in [0.25, 0.3) is 0 Å². The van der Waals surface area contributed by atoms with Crippen molar-refractivity contribution in [3.63, 3.8) is 0 Å². The van der Waals surface area contributed by atoms with Gasteiger partial charge in [-0.2, -0.15) is 0 Å². The fraction of sp³-hybridized carbons (Fsp3) is 0.674. The molecule has 294 valence electrons. The lowest BCUT2D eigenvalue weighted by atomic mass is 10.0. The SMILES string of the molecule is CCCCCCCCCCCCCC(OC(=O)/C=C\C(=O)O)SC(CCCCCCCCCCCCC)(Cc1ccccc1)OC(=O)/C=C\C(=O)O. The molecule has 8 nitrogen and oxygen atoms in total. The molecule has 0 aliphatic heterocycles. The molecule has 0 aliphatic carbocycles. The molecule has 2 atom stereocenters. The van der Waals surface area contributed by atoms with E-state index in [9.17, 15) is 24.3 Å². The number of hydrogen-bond acceptors (Lipinski definition) is 7. The Kier molecular flexibility index (Phi) is 28.4. The predicted octanol–water partition coefficient (Wildman–Crippen LogP) is 11.8. The van der Waals surface area contributed by atoms with Crippen LogP contribution in [0.3, 0.4) is 0 Å². The molecule has 0 bridgehead atoms. The van der Waals surface area contributed by atoms with E-state index in [1.807, 2.05) is 30.3 Å². The molecule has 0 aromatic heterocycles. The van der Waals surface area contributed by atoms with Crippen molar-refractivity contribution in [2.24, 2.45) is 0 Å². The Hall–Kier alpha value is -3.07. The molecular weight excluding hydrogens is 677 g/mol. The number of thioether (sulfide) groups is 1. The van der Waals surface area contributed by atoms with Gasteiger partial charge in [-0.3, -0.25) is 0 Å². The normalized spacial score (nSPS) is 13.3. The van der Waals surface area contributed by atoms with Gasteiger partial charge in [0, 0.05) is 30.7 Å². The summed E-state index contributed by atoms with van der Waals surface area (Å²) < 4.78 is 12.0. The Morgan fingerprint density at radius 3 is 1.48 bits per heavy atom. The van der Waals surface area contributed by atoms with Crippen molar-refractivity contribution in [2.75, 3.05) is 0 Å². The van der Waals surface area contributed by atoms with Crippen molar-refractivity contribution in [2.45, 2.75) is 185 Å². The second-order valence-corrected chi connectivity index (χ2v) is 15.4. The Bertz CT molecular complexity index is 1150. The van der Waals surface area contributed by atoms with Gasteiger partial charge in [0.05, 0.1) is 0 Å². The third-order valence-corrected chi connectivity index (χ3v) is 10.6. The van der Waals surface area contributed by atoms with Crippen LogP contribution in [0.4, 0.5) is 0 Å². The average molecular weight is 745 g/mol. The summed E-state index contributed by atoms with van der Waals surface area (Å²) >= 11 is 1.27. The number of unbranched alkanes of at least 4 members (excludes halogenated alkanes) is 20. The summed E-state index contributed by atoms with van der Waals surface area (Å²) in [4.78, 5) is 47.1. The van der Waals surface area contributed by atoms with Crippen LogP contribution in [0, 0.1) is 0 Å². The lowest BCUT2D eigenvalue weighted by molar-refractivity contribution is -0.146. The zero-order valence-electron chi connectivity index (χ0n) is 32.2. The summed E-state index contributed by atoms with van der Waals surface area (Å²) in [5.41, 5.74) is 0.218. The number of carbonyl (C=O) groups is 4. The van der Waals surface area contributed by atoms with Gasteiger partial charge in [-0.1, -0.05) is 184 Å². The summed E-state index contributed by atoms with van der Waals surface area (Å²) in [6, 6.07) is 9.65. The Balaban J connectivity index is 3.08. The Labute approximate surface area is 318 Å². The highest BCUT2D eigenvalue weighted by atomic mass is 32.2. The quantitative estimate of drug-likeness (QED) is 0.0307. The van der Waals surface area contributed by atoms with Crippen LogP contribution in [-0.2, 0) is 35.1 Å². The van der Waals surface area contributed by atoms with Gasteiger partial charge in [0.1, 0.15) is 0 Å². The van der Waals surface area contributed by atoms with Gasteiger partial charge in [0.25, 0.3) is 0 Å². The number of aliphatic carboxylic acids is 2. The van der Waals surface area contributed by atoms with Crippen molar-refractivity contribution in [3.8, 4) is 0 Å². The number of carboxylic acids is 2. The van der Waals surface area contributed by atoms with Gasteiger partial charge in [-0.15, -0.1) is 0 Å². The molecule has 0 saturated carbocycles. The molecule has 52 heavy (non-hydrogen) atoms. The van der Waals surface area contributed by atoms with Crippen molar-refractivity contribution in [1.29, 1.82) is 0 Å². The zero-order chi connectivity index (χ0) is 38.1. The lowest BCUT2D eigenvalue weighted by Crippen LogP contribution is -2.37. The van der Waals surface area contributed by atoms with Crippen molar-refractivity contribution >= 4 is 35.6 Å². The van der Waals surface area contributed by atoms with Crippen molar-refractivity contribution < 1.29 is 38.9 Å². The second kappa shape index (κ2) is 31.5. The molecule has 1 rings (SSSR count). The molecule has 9 heteroatoms. The minimum absolute atomic E-state index is 0.334. The van der Waals surface area contributed by atoms with Gasteiger partial charge < -0.3 is 19.7 Å². The fourth-order valence-corrected chi connectivity index (χ4v) is 7.84. The first-order chi connectivity index (χ1) is 25.2. The van der Waals surface area contributed by atoms with Crippen LogP contribution < -0.4 is 0 Å². The minimum atomic E-state index is -1.25. The number of ether oxygens (including phenoxy) is 2. The van der Waals surface area contributed by atoms with E-state index < -0.39 is 34.2 Å². The molecule has 0 fully saturated rings.